The van der Waals surface area contributed by atoms with E-state index in [4.69, 9.17) is 9.47 Å². The summed E-state index contributed by atoms with van der Waals surface area (Å²) in [5, 5.41) is 5.61. The highest BCUT2D eigenvalue weighted by molar-refractivity contribution is 7.98. The molecule has 0 atom stereocenters. The monoisotopic (exact) mass is 544 g/mol. The van der Waals surface area contributed by atoms with Gasteiger partial charge in [0.05, 0.1) is 11.4 Å². The highest BCUT2D eigenvalue weighted by Crippen LogP contribution is 2.26. The smallest absolute Gasteiger partial charge is 0.251 e. The number of hydrogen-bond donors (Lipinski definition) is 2. The third-order valence-corrected chi connectivity index (χ3v) is 7.20. The molecule has 0 bridgehead atoms. The molecule has 0 saturated carbocycles. The second-order valence-electron chi connectivity index (χ2n) is 8.80. The number of thioether (sulfide) groups is 1. The molecule has 0 heterocycles. The zero-order chi connectivity index (χ0) is 26.7. The SMILES string of the molecule is CCCCCCCOCCCOCCCC(=O)Nc1cc(C(=O)NCCCS(C)(=O)=O)ccc1SC. The van der Waals surface area contributed by atoms with Gasteiger partial charge in [0.1, 0.15) is 9.84 Å². The van der Waals surface area contributed by atoms with Crippen LogP contribution in [0.4, 0.5) is 5.69 Å². The lowest BCUT2D eigenvalue weighted by Crippen LogP contribution is -2.26. The van der Waals surface area contributed by atoms with Gasteiger partial charge in [-0.1, -0.05) is 32.6 Å². The summed E-state index contributed by atoms with van der Waals surface area (Å²) in [6.07, 6.45) is 11.4. The van der Waals surface area contributed by atoms with Crippen molar-refractivity contribution in [3.8, 4) is 0 Å². The summed E-state index contributed by atoms with van der Waals surface area (Å²) >= 11 is 1.48. The third-order valence-electron chi connectivity index (χ3n) is 5.38. The number of anilines is 1. The van der Waals surface area contributed by atoms with E-state index in [1.54, 1.807) is 18.2 Å². The molecule has 1 aromatic carbocycles. The summed E-state index contributed by atoms with van der Waals surface area (Å²) in [6, 6.07) is 5.13. The lowest BCUT2D eigenvalue weighted by molar-refractivity contribution is -0.116. The van der Waals surface area contributed by atoms with E-state index in [2.05, 4.69) is 17.6 Å². The van der Waals surface area contributed by atoms with Crippen LogP contribution in [0.1, 0.15) is 75.1 Å². The molecule has 36 heavy (non-hydrogen) atoms. The Morgan fingerprint density at radius 3 is 2.25 bits per heavy atom. The largest absolute Gasteiger partial charge is 0.381 e. The zero-order valence-corrected chi connectivity index (χ0v) is 23.7. The fraction of sp³-hybridized carbons (Fsp3) is 0.692. The topological polar surface area (TPSA) is 111 Å². The van der Waals surface area contributed by atoms with Crippen LogP contribution in [-0.4, -0.2) is 71.5 Å². The maximum Gasteiger partial charge on any atom is 0.251 e. The first-order chi connectivity index (χ1) is 17.3. The van der Waals surface area contributed by atoms with Crippen molar-refractivity contribution in [2.45, 2.75) is 69.6 Å². The van der Waals surface area contributed by atoms with E-state index in [0.717, 1.165) is 24.3 Å². The molecule has 0 aliphatic heterocycles. The number of amides is 2. The zero-order valence-electron chi connectivity index (χ0n) is 22.1. The Kier molecular flexibility index (Phi) is 17.5. The summed E-state index contributed by atoms with van der Waals surface area (Å²) in [5.74, 6) is -0.414. The predicted octanol–water partition coefficient (Wildman–Crippen LogP) is 4.69. The summed E-state index contributed by atoms with van der Waals surface area (Å²) in [4.78, 5) is 25.7. The van der Waals surface area contributed by atoms with Gasteiger partial charge in [0.2, 0.25) is 5.91 Å². The first-order valence-electron chi connectivity index (χ1n) is 12.9. The molecule has 2 amide bonds. The number of carbonyl (C=O) groups is 2. The van der Waals surface area contributed by atoms with E-state index in [-0.39, 0.29) is 24.1 Å². The highest BCUT2D eigenvalue weighted by atomic mass is 32.2. The third kappa shape index (κ3) is 16.2. The molecule has 1 rings (SSSR count). The average molecular weight is 545 g/mol. The maximum atomic E-state index is 12.4. The van der Waals surface area contributed by atoms with Crippen molar-refractivity contribution < 1.29 is 27.5 Å². The minimum atomic E-state index is -3.05. The summed E-state index contributed by atoms with van der Waals surface area (Å²) in [6.45, 7) is 5.12. The predicted molar refractivity (Wildman–Crippen MR) is 148 cm³/mol. The number of sulfone groups is 1. The molecule has 0 unspecified atom stereocenters. The standard InChI is InChI=1S/C26H44N2O6S2/c1-4-5-6-7-8-16-33-18-11-19-34-17-9-12-25(29)28-23-21-22(13-14-24(23)35-2)26(30)27-15-10-20-36(3,31)32/h13-14,21H,4-12,15-20H2,1-3H3,(H,27,30)(H,28,29). The molecular weight excluding hydrogens is 500 g/mol. The van der Waals surface area contributed by atoms with Crippen molar-refractivity contribution in [3.05, 3.63) is 23.8 Å². The number of ether oxygens (including phenoxy) is 2. The lowest BCUT2D eigenvalue weighted by Gasteiger charge is -2.12. The van der Waals surface area contributed by atoms with Crippen molar-refractivity contribution in [1.29, 1.82) is 0 Å². The molecule has 0 spiro atoms. The van der Waals surface area contributed by atoms with E-state index < -0.39 is 9.84 Å². The van der Waals surface area contributed by atoms with Gasteiger partial charge in [-0.15, -0.1) is 11.8 Å². The Hall–Kier alpha value is -1.62. The number of unbranched alkanes of at least 4 members (excludes halogenated alkanes) is 4. The fourth-order valence-corrected chi connectivity index (χ4v) is 4.61. The first-order valence-corrected chi connectivity index (χ1v) is 16.1. The molecule has 0 saturated heterocycles. The minimum Gasteiger partial charge on any atom is -0.381 e. The first kappa shape index (κ1) is 32.4. The molecule has 1 aromatic rings. The summed E-state index contributed by atoms with van der Waals surface area (Å²) < 4.78 is 33.6. The highest BCUT2D eigenvalue weighted by Gasteiger charge is 2.12. The Bertz CT molecular complexity index is 877. The van der Waals surface area contributed by atoms with Crippen molar-refractivity contribution in [1.82, 2.24) is 5.32 Å². The molecule has 0 radical (unpaired) electrons. The van der Waals surface area contributed by atoms with Gasteiger partial charge in [-0.05, 0) is 50.1 Å². The quantitative estimate of drug-likeness (QED) is 0.171. The molecule has 0 aromatic heterocycles. The minimum absolute atomic E-state index is 0.0245. The van der Waals surface area contributed by atoms with Gasteiger partial charge in [-0.3, -0.25) is 9.59 Å². The van der Waals surface area contributed by atoms with E-state index >= 15 is 0 Å². The van der Waals surface area contributed by atoms with Crippen molar-refractivity contribution in [2.75, 3.05) is 56.6 Å². The lowest BCUT2D eigenvalue weighted by atomic mass is 10.1. The van der Waals surface area contributed by atoms with E-state index in [1.807, 2.05) is 6.26 Å². The van der Waals surface area contributed by atoms with Gasteiger partial charge >= 0.3 is 0 Å². The van der Waals surface area contributed by atoms with Gasteiger partial charge in [0.15, 0.2) is 0 Å². The molecule has 2 N–H and O–H groups in total. The molecule has 0 aliphatic rings. The van der Waals surface area contributed by atoms with Crippen LogP contribution in [0.2, 0.25) is 0 Å². The molecule has 206 valence electrons. The van der Waals surface area contributed by atoms with Crippen LogP contribution in [-0.2, 0) is 24.1 Å². The number of carbonyl (C=O) groups excluding carboxylic acids is 2. The van der Waals surface area contributed by atoms with Gasteiger partial charge in [-0.25, -0.2) is 8.42 Å². The maximum absolute atomic E-state index is 12.4. The fourth-order valence-electron chi connectivity index (χ4n) is 3.41. The normalized spacial score (nSPS) is 11.4. The van der Waals surface area contributed by atoms with Crippen molar-refractivity contribution in [3.63, 3.8) is 0 Å². The number of benzene rings is 1. The van der Waals surface area contributed by atoms with E-state index in [0.29, 0.717) is 50.3 Å². The summed E-state index contributed by atoms with van der Waals surface area (Å²) in [7, 11) is -3.05. The Morgan fingerprint density at radius 1 is 0.917 bits per heavy atom. The number of nitrogens with one attached hydrogen (secondary N) is 2. The second-order valence-corrected chi connectivity index (χ2v) is 11.9. The van der Waals surface area contributed by atoms with Crippen molar-refractivity contribution >= 4 is 39.1 Å². The van der Waals surface area contributed by atoms with Crippen LogP contribution in [0, 0.1) is 0 Å². The van der Waals surface area contributed by atoms with Crippen LogP contribution in [0.15, 0.2) is 23.1 Å². The number of hydrogen-bond acceptors (Lipinski definition) is 7. The molecule has 0 aliphatic carbocycles. The Morgan fingerprint density at radius 2 is 1.58 bits per heavy atom. The van der Waals surface area contributed by atoms with Crippen LogP contribution in [0.25, 0.3) is 0 Å². The summed E-state index contributed by atoms with van der Waals surface area (Å²) in [5.41, 5.74) is 0.998. The van der Waals surface area contributed by atoms with Crippen LogP contribution in [0.5, 0.6) is 0 Å². The van der Waals surface area contributed by atoms with Crippen LogP contribution in [0.3, 0.4) is 0 Å². The Balaban J connectivity index is 2.27. The second kappa shape index (κ2) is 19.5. The van der Waals surface area contributed by atoms with Gasteiger partial charge < -0.3 is 20.1 Å². The molecule has 8 nitrogen and oxygen atoms in total. The van der Waals surface area contributed by atoms with Crippen molar-refractivity contribution in [2.24, 2.45) is 0 Å². The van der Waals surface area contributed by atoms with Gasteiger partial charge in [0, 0.05) is 56.1 Å². The average Bonchev–Trinajstić information content (AvgIpc) is 2.84. The number of rotatable bonds is 21. The molecule has 0 fully saturated rings. The van der Waals surface area contributed by atoms with Gasteiger partial charge in [-0.2, -0.15) is 0 Å². The van der Waals surface area contributed by atoms with E-state index in [9.17, 15) is 18.0 Å². The molecule has 10 heteroatoms. The van der Waals surface area contributed by atoms with Crippen LogP contribution < -0.4 is 10.6 Å². The van der Waals surface area contributed by atoms with Gasteiger partial charge in [0.25, 0.3) is 5.91 Å². The molecular formula is C26H44N2O6S2. The van der Waals surface area contributed by atoms with E-state index in [1.165, 1.54) is 43.7 Å². The van der Waals surface area contributed by atoms with Crippen LogP contribution >= 0.6 is 11.8 Å². The Labute approximate surface area is 221 Å².